The van der Waals surface area contributed by atoms with E-state index in [1.165, 1.54) is 22.3 Å². The molecule has 0 unspecified atom stereocenters. The molecule has 3 rings (SSSR count). The molecule has 0 amide bonds. The van der Waals surface area contributed by atoms with Crippen LogP contribution in [0.25, 0.3) is 22.3 Å². The molecule has 0 heterocycles. The second-order valence-electron chi connectivity index (χ2n) is 4.59. The van der Waals surface area contributed by atoms with Gasteiger partial charge in [0.2, 0.25) is 0 Å². The Morgan fingerprint density at radius 3 is 1.50 bits per heavy atom. The Morgan fingerprint density at radius 2 is 0.950 bits per heavy atom. The Bertz CT molecular complexity index is 713. The zero-order chi connectivity index (χ0) is 13.9. The highest BCUT2D eigenvalue weighted by Crippen LogP contribution is 2.27. The summed E-state index contributed by atoms with van der Waals surface area (Å²) in [6, 6.07) is 25.4. The molecular formula is C18H12Br2. The normalized spacial score (nSPS) is 10.5. The average Bonchev–Trinajstić information content (AvgIpc) is 2.48. The summed E-state index contributed by atoms with van der Waals surface area (Å²) in [5.41, 5.74) is 4.92. The van der Waals surface area contributed by atoms with Gasteiger partial charge in [0, 0.05) is 8.95 Å². The molecule has 3 aromatic rings. The highest BCUT2D eigenvalue weighted by atomic mass is 79.9. The van der Waals surface area contributed by atoms with E-state index in [1.807, 2.05) is 6.07 Å². The maximum absolute atomic E-state index is 3.51. The van der Waals surface area contributed by atoms with Gasteiger partial charge >= 0.3 is 0 Å². The molecule has 20 heavy (non-hydrogen) atoms. The van der Waals surface area contributed by atoms with Gasteiger partial charge in [0.25, 0.3) is 0 Å². The molecule has 0 nitrogen and oxygen atoms in total. The molecule has 0 bridgehead atoms. The van der Waals surface area contributed by atoms with Gasteiger partial charge in [-0.1, -0.05) is 80.4 Å². The van der Waals surface area contributed by atoms with Crippen LogP contribution in [0.1, 0.15) is 0 Å². The predicted molar refractivity (Wildman–Crippen MR) is 92.7 cm³/mol. The van der Waals surface area contributed by atoms with E-state index >= 15 is 0 Å². The SMILES string of the molecule is Brc1ccc(-c2ccc(-c3cccc(Br)c3)cc2)cc1. The van der Waals surface area contributed by atoms with Crippen molar-refractivity contribution < 1.29 is 0 Å². The van der Waals surface area contributed by atoms with Gasteiger partial charge in [-0.25, -0.2) is 0 Å². The Balaban J connectivity index is 1.93. The Labute approximate surface area is 135 Å². The monoisotopic (exact) mass is 386 g/mol. The minimum absolute atomic E-state index is 1.10. The molecule has 3 aromatic carbocycles. The molecule has 0 atom stereocenters. The maximum Gasteiger partial charge on any atom is 0.0181 e. The van der Waals surface area contributed by atoms with Crippen LogP contribution in [0.15, 0.2) is 81.7 Å². The smallest absolute Gasteiger partial charge is 0.0181 e. The summed E-state index contributed by atoms with van der Waals surface area (Å²) in [6.07, 6.45) is 0. The summed E-state index contributed by atoms with van der Waals surface area (Å²) >= 11 is 6.98. The fourth-order valence-corrected chi connectivity index (χ4v) is 2.83. The van der Waals surface area contributed by atoms with Crippen molar-refractivity contribution in [3.63, 3.8) is 0 Å². The van der Waals surface area contributed by atoms with Crippen molar-refractivity contribution >= 4 is 31.9 Å². The van der Waals surface area contributed by atoms with E-state index in [-0.39, 0.29) is 0 Å². The van der Waals surface area contributed by atoms with Crippen LogP contribution >= 0.6 is 31.9 Å². The van der Waals surface area contributed by atoms with Crippen molar-refractivity contribution in [2.45, 2.75) is 0 Å². The lowest BCUT2D eigenvalue weighted by molar-refractivity contribution is 1.57. The second kappa shape index (κ2) is 5.94. The van der Waals surface area contributed by atoms with Crippen LogP contribution in [0.5, 0.6) is 0 Å². The van der Waals surface area contributed by atoms with Gasteiger partial charge in [-0.05, 0) is 46.5 Å². The number of hydrogen-bond donors (Lipinski definition) is 0. The molecule has 2 heteroatoms. The van der Waals surface area contributed by atoms with Crippen molar-refractivity contribution in [1.82, 2.24) is 0 Å². The average molecular weight is 388 g/mol. The van der Waals surface area contributed by atoms with Crippen LogP contribution in [0.4, 0.5) is 0 Å². The first-order valence-electron chi connectivity index (χ1n) is 6.34. The molecule has 0 saturated carbocycles. The van der Waals surface area contributed by atoms with Crippen molar-refractivity contribution in [2.24, 2.45) is 0 Å². The highest BCUT2D eigenvalue weighted by Gasteiger charge is 2.01. The maximum atomic E-state index is 3.51. The van der Waals surface area contributed by atoms with E-state index in [9.17, 15) is 0 Å². The topological polar surface area (TPSA) is 0 Å². The van der Waals surface area contributed by atoms with Gasteiger partial charge in [-0.3, -0.25) is 0 Å². The molecule has 0 aliphatic rings. The van der Waals surface area contributed by atoms with E-state index in [0.717, 1.165) is 8.95 Å². The first-order chi connectivity index (χ1) is 9.72. The third kappa shape index (κ3) is 3.02. The van der Waals surface area contributed by atoms with Crippen molar-refractivity contribution in [3.8, 4) is 22.3 Å². The van der Waals surface area contributed by atoms with Crippen LogP contribution in [-0.4, -0.2) is 0 Å². The quantitative estimate of drug-likeness (QED) is 0.467. The van der Waals surface area contributed by atoms with Crippen LogP contribution < -0.4 is 0 Å². The Kier molecular flexibility index (Phi) is 4.04. The van der Waals surface area contributed by atoms with E-state index in [0.29, 0.717) is 0 Å². The van der Waals surface area contributed by atoms with E-state index in [2.05, 4.69) is 98.6 Å². The van der Waals surface area contributed by atoms with E-state index in [1.54, 1.807) is 0 Å². The molecule has 0 N–H and O–H groups in total. The van der Waals surface area contributed by atoms with Gasteiger partial charge in [0.1, 0.15) is 0 Å². The molecule has 98 valence electrons. The van der Waals surface area contributed by atoms with Gasteiger partial charge in [-0.2, -0.15) is 0 Å². The lowest BCUT2D eigenvalue weighted by atomic mass is 10.0. The number of benzene rings is 3. The fraction of sp³-hybridized carbons (Fsp3) is 0. The number of rotatable bonds is 2. The summed E-state index contributed by atoms with van der Waals surface area (Å²) in [7, 11) is 0. The standard InChI is InChI=1S/C18H12Br2/c19-17-10-8-14(9-11-17)13-4-6-15(7-5-13)16-2-1-3-18(20)12-16/h1-12H. The first kappa shape index (κ1) is 13.6. The van der Waals surface area contributed by atoms with Crippen molar-refractivity contribution in [1.29, 1.82) is 0 Å². The number of halogens is 2. The van der Waals surface area contributed by atoms with Crippen LogP contribution in [0, 0.1) is 0 Å². The molecule has 0 radical (unpaired) electrons. The van der Waals surface area contributed by atoms with Gasteiger partial charge < -0.3 is 0 Å². The largest absolute Gasteiger partial charge is 0.0605 e. The molecule has 0 aromatic heterocycles. The van der Waals surface area contributed by atoms with Crippen molar-refractivity contribution in [2.75, 3.05) is 0 Å². The molecule has 0 fully saturated rings. The van der Waals surface area contributed by atoms with E-state index < -0.39 is 0 Å². The van der Waals surface area contributed by atoms with Gasteiger partial charge in [-0.15, -0.1) is 0 Å². The molecular weight excluding hydrogens is 376 g/mol. The summed E-state index contributed by atoms with van der Waals surface area (Å²) in [5.74, 6) is 0. The molecule has 0 aliphatic carbocycles. The minimum Gasteiger partial charge on any atom is -0.0605 e. The Hall–Kier alpha value is -1.38. The van der Waals surface area contributed by atoms with Crippen LogP contribution in [0.2, 0.25) is 0 Å². The highest BCUT2D eigenvalue weighted by molar-refractivity contribution is 9.10. The molecule has 0 spiro atoms. The minimum atomic E-state index is 1.10. The van der Waals surface area contributed by atoms with Gasteiger partial charge in [0.05, 0.1) is 0 Å². The predicted octanol–water partition coefficient (Wildman–Crippen LogP) is 6.55. The first-order valence-corrected chi connectivity index (χ1v) is 7.93. The third-order valence-corrected chi connectivity index (χ3v) is 4.24. The fourth-order valence-electron chi connectivity index (χ4n) is 2.17. The van der Waals surface area contributed by atoms with Gasteiger partial charge in [0.15, 0.2) is 0 Å². The lowest BCUT2D eigenvalue weighted by Gasteiger charge is -2.05. The van der Waals surface area contributed by atoms with Crippen LogP contribution in [-0.2, 0) is 0 Å². The Morgan fingerprint density at radius 1 is 0.450 bits per heavy atom. The lowest BCUT2D eigenvalue weighted by Crippen LogP contribution is -1.80. The van der Waals surface area contributed by atoms with Crippen LogP contribution in [0.3, 0.4) is 0 Å². The second-order valence-corrected chi connectivity index (χ2v) is 6.43. The summed E-state index contributed by atoms with van der Waals surface area (Å²) < 4.78 is 2.21. The molecule has 0 aliphatic heterocycles. The third-order valence-electron chi connectivity index (χ3n) is 3.22. The number of hydrogen-bond acceptors (Lipinski definition) is 0. The zero-order valence-corrected chi connectivity index (χ0v) is 13.9. The zero-order valence-electron chi connectivity index (χ0n) is 10.7. The van der Waals surface area contributed by atoms with E-state index in [4.69, 9.17) is 0 Å². The summed E-state index contributed by atoms with van der Waals surface area (Å²) in [5, 5.41) is 0. The summed E-state index contributed by atoms with van der Waals surface area (Å²) in [6.45, 7) is 0. The molecule has 0 saturated heterocycles. The summed E-state index contributed by atoms with van der Waals surface area (Å²) in [4.78, 5) is 0. The van der Waals surface area contributed by atoms with Crippen molar-refractivity contribution in [3.05, 3.63) is 81.7 Å².